The third-order valence-electron chi connectivity index (χ3n) is 3.50. The average Bonchev–Trinajstić information content (AvgIpc) is 2.69. The number of carbonyl (C=O) groups is 1. The zero-order valence-corrected chi connectivity index (χ0v) is 13.2. The Bertz CT molecular complexity index is 433. The first-order chi connectivity index (χ1) is 8.60. The first kappa shape index (κ1) is 14.0. The van der Waals surface area contributed by atoms with Gasteiger partial charge < -0.3 is 9.88 Å². The highest BCUT2D eigenvalue weighted by atomic mass is 79.9. The van der Waals surface area contributed by atoms with E-state index in [0.717, 1.165) is 17.3 Å². The molecule has 2 rings (SSSR count). The summed E-state index contributed by atoms with van der Waals surface area (Å²) < 4.78 is 2.80. The van der Waals surface area contributed by atoms with Crippen LogP contribution in [0.5, 0.6) is 0 Å². The van der Waals surface area contributed by atoms with Crippen LogP contribution in [0.2, 0.25) is 0 Å². The summed E-state index contributed by atoms with van der Waals surface area (Å²) in [7, 11) is 1.89. The molecule has 0 aliphatic heterocycles. The van der Waals surface area contributed by atoms with Crippen LogP contribution in [0.3, 0.4) is 0 Å². The minimum absolute atomic E-state index is 0.0370. The molecule has 0 bridgehead atoms. The normalized spacial score (nSPS) is 23.9. The molecule has 1 aromatic heterocycles. The Morgan fingerprint density at radius 1 is 1.56 bits per heavy atom. The van der Waals surface area contributed by atoms with E-state index in [2.05, 4.69) is 27.5 Å². The van der Waals surface area contributed by atoms with Crippen molar-refractivity contribution in [1.29, 1.82) is 0 Å². The van der Waals surface area contributed by atoms with Crippen LogP contribution < -0.4 is 5.32 Å². The van der Waals surface area contributed by atoms with E-state index in [1.54, 1.807) is 0 Å². The molecule has 3 nitrogen and oxygen atoms in total. The molecule has 1 fully saturated rings. The van der Waals surface area contributed by atoms with E-state index < -0.39 is 0 Å². The van der Waals surface area contributed by atoms with Crippen molar-refractivity contribution in [2.24, 2.45) is 7.05 Å². The van der Waals surface area contributed by atoms with Crippen molar-refractivity contribution in [3.05, 3.63) is 22.4 Å². The van der Waals surface area contributed by atoms with Crippen molar-refractivity contribution in [3.8, 4) is 0 Å². The number of carbonyl (C=O) groups excluding carboxylic acids is 1. The molecule has 1 saturated carbocycles. The Kier molecular flexibility index (Phi) is 4.78. The van der Waals surface area contributed by atoms with Crippen LogP contribution >= 0.6 is 27.7 Å². The van der Waals surface area contributed by atoms with Gasteiger partial charge in [-0.1, -0.05) is 6.42 Å². The summed E-state index contributed by atoms with van der Waals surface area (Å²) in [5.74, 6) is 0.0370. The van der Waals surface area contributed by atoms with Crippen LogP contribution in [0, 0.1) is 0 Å². The molecule has 1 N–H and O–H groups in total. The molecule has 2 unspecified atom stereocenters. The van der Waals surface area contributed by atoms with E-state index in [0.29, 0.717) is 17.0 Å². The number of amides is 1. The second kappa shape index (κ2) is 6.15. The molecule has 18 heavy (non-hydrogen) atoms. The van der Waals surface area contributed by atoms with Crippen LogP contribution in [0.15, 0.2) is 16.7 Å². The zero-order valence-electron chi connectivity index (χ0n) is 10.8. The molecule has 1 heterocycles. The first-order valence-electron chi connectivity index (χ1n) is 6.25. The van der Waals surface area contributed by atoms with Gasteiger partial charge in [0, 0.05) is 29.0 Å². The highest BCUT2D eigenvalue weighted by molar-refractivity contribution is 9.10. The predicted molar refractivity (Wildman–Crippen MR) is 80.1 cm³/mol. The molecule has 0 spiro atoms. The van der Waals surface area contributed by atoms with Crippen LogP contribution in [-0.4, -0.2) is 28.0 Å². The number of aryl methyl sites for hydroxylation is 1. The fourth-order valence-corrected chi connectivity index (χ4v) is 3.85. The van der Waals surface area contributed by atoms with E-state index in [4.69, 9.17) is 0 Å². The maximum atomic E-state index is 12.2. The van der Waals surface area contributed by atoms with E-state index >= 15 is 0 Å². The van der Waals surface area contributed by atoms with Gasteiger partial charge in [0.15, 0.2) is 0 Å². The maximum Gasteiger partial charge on any atom is 0.268 e. The van der Waals surface area contributed by atoms with Gasteiger partial charge in [-0.3, -0.25) is 4.79 Å². The summed E-state index contributed by atoms with van der Waals surface area (Å²) in [6.07, 6.45) is 8.76. The standard InChI is InChI=1S/C13H19BrN2OS/c1-16-8-9(14)6-12(16)13(17)15-10-4-3-5-11(7-10)18-2/h6,8,10-11H,3-5,7H2,1-2H3,(H,15,17). The number of rotatable bonds is 3. The highest BCUT2D eigenvalue weighted by Crippen LogP contribution is 2.27. The van der Waals surface area contributed by atoms with Gasteiger partial charge in [0.1, 0.15) is 5.69 Å². The molecule has 0 radical (unpaired) electrons. The number of aromatic nitrogens is 1. The van der Waals surface area contributed by atoms with Gasteiger partial charge in [0.25, 0.3) is 5.91 Å². The number of hydrogen-bond donors (Lipinski definition) is 1. The van der Waals surface area contributed by atoms with Crippen molar-refractivity contribution in [3.63, 3.8) is 0 Å². The summed E-state index contributed by atoms with van der Waals surface area (Å²) in [6.45, 7) is 0. The third-order valence-corrected chi connectivity index (χ3v) is 5.03. The molecule has 1 aromatic rings. The van der Waals surface area contributed by atoms with Gasteiger partial charge >= 0.3 is 0 Å². The molecular weight excluding hydrogens is 312 g/mol. The highest BCUT2D eigenvalue weighted by Gasteiger charge is 2.23. The zero-order chi connectivity index (χ0) is 13.1. The minimum atomic E-state index is 0.0370. The summed E-state index contributed by atoms with van der Waals surface area (Å²) in [5, 5.41) is 3.86. The summed E-state index contributed by atoms with van der Waals surface area (Å²) >= 11 is 5.31. The SMILES string of the molecule is CSC1CCCC(NC(=O)c2cc(Br)cn2C)C1. The van der Waals surface area contributed by atoms with E-state index in [1.165, 1.54) is 12.8 Å². The molecule has 0 saturated heterocycles. The van der Waals surface area contributed by atoms with Crippen molar-refractivity contribution in [2.75, 3.05) is 6.26 Å². The van der Waals surface area contributed by atoms with Gasteiger partial charge in [-0.25, -0.2) is 0 Å². The molecule has 1 aliphatic rings. The number of halogens is 1. The quantitative estimate of drug-likeness (QED) is 0.923. The van der Waals surface area contributed by atoms with E-state index in [-0.39, 0.29) is 5.91 Å². The van der Waals surface area contributed by atoms with Crippen LogP contribution in [-0.2, 0) is 7.05 Å². The van der Waals surface area contributed by atoms with Gasteiger partial charge in [-0.05, 0) is 47.5 Å². The molecule has 1 amide bonds. The Morgan fingerprint density at radius 3 is 2.94 bits per heavy atom. The average molecular weight is 331 g/mol. The lowest BCUT2D eigenvalue weighted by Crippen LogP contribution is -2.39. The van der Waals surface area contributed by atoms with Crippen molar-refractivity contribution >= 4 is 33.6 Å². The molecule has 0 aromatic carbocycles. The number of thioether (sulfide) groups is 1. The van der Waals surface area contributed by atoms with Gasteiger partial charge in [0.05, 0.1) is 0 Å². The first-order valence-corrected chi connectivity index (χ1v) is 8.33. The summed E-state index contributed by atoms with van der Waals surface area (Å²) in [6, 6.07) is 2.20. The largest absolute Gasteiger partial charge is 0.348 e. The van der Waals surface area contributed by atoms with Gasteiger partial charge in [-0.15, -0.1) is 0 Å². The number of hydrogen-bond acceptors (Lipinski definition) is 2. The molecule has 2 atom stereocenters. The number of nitrogens with zero attached hydrogens (tertiary/aromatic N) is 1. The summed E-state index contributed by atoms with van der Waals surface area (Å²) in [5.41, 5.74) is 0.716. The topological polar surface area (TPSA) is 34.0 Å². The molecule has 100 valence electrons. The molecular formula is C13H19BrN2OS. The smallest absolute Gasteiger partial charge is 0.268 e. The van der Waals surface area contributed by atoms with Crippen LogP contribution in [0.4, 0.5) is 0 Å². The Labute approximate surface area is 121 Å². The summed E-state index contributed by atoms with van der Waals surface area (Å²) in [4.78, 5) is 12.2. The van der Waals surface area contributed by atoms with Gasteiger partial charge in [0.2, 0.25) is 0 Å². The lowest BCUT2D eigenvalue weighted by molar-refractivity contribution is 0.0920. The van der Waals surface area contributed by atoms with Crippen LogP contribution in [0.1, 0.15) is 36.2 Å². The predicted octanol–water partition coefficient (Wildman–Crippen LogP) is 3.19. The number of nitrogens with one attached hydrogen (secondary N) is 1. The Morgan fingerprint density at radius 2 is 2.33 bits per heavy atom. The Hall–Kier alpha value is -0.420. The Balaban J connectivity index is 1.97. The second-order valence-electron chi connectivity index (χ2n) is 4.85. The molecule has 1 aliphatic carbocycles. The van der Waals surface area contributed by atoms with Crippen molar-refractivity contribution in [2.45, 2.75) is 37.0 Å². The van der Waals surface area contributed by atoms with E-state index in [1.807, 2.05) is 35.6 Å². The molecule has 5 heteroatoms. The lowest BCUT2D eigenvalue weighted by Gasteiger charge is -2.28. The fourth-order valence-electron chi connectivity index (χ4n) is 2.50. The fraction of sp³-hybridized carbons (Fsp3) is 0.615. The van der Waals surface area contributed by atoms with Crippen LogP contribution in [0.25, 0.3) is 0 Å². The maximum absolute atomic E-state index is 12.2. The van der Waals surface area contributed by atoms with E-state index in [9.17, 15) is 4.79 Å². The third kappa shape index (κ3) is 3.32. The van der Waals surface area contributed by atoms with Crippen molar-refractivity contribution < 1.29 is 4.79 Å². The second-order valence-corrected chi connectivity index (χ2v) is 6.90. The minimum Gasteiger partial charge on any atom is -0.348 e. The monoisotopic (exact) mass is 330 g/mol. The lowest BCUT2D eigenvalue weighted by atomic mass is 9.95. The van der Waals surface area contributed by atoms with Gasteiger partial charge in [-0.2, -0.15) is 11.8 Å². The van der Waals surface area contributed by atoms with Crippen molar-refractivity contribution in [1.82, 2.24) is 9.88 Å².